The Morgan fingerprint density at radius 1 is 0.867 bits per heavy atom. The number of carbonyl (C=O) groups excluding carboxylic acids is 2. The van der Waals surface area contributed by atoms with Crippen molar-refractivity contribution >= 4 is 17.5 Å². The molecule has 3 aromatic rings. The number of ether oxygens (including phenoxy) is 2. The Morgan fingerprint density at radius 2 is 1.60 bits per heavy atom. The third-order valence-electron chi connectivity index (χ3n) is 4.43. The van der Waals surface area contributed by atoms with Gasteiger partial charge < -0.3 is 20.1 Å². The van der Waals surface area contributed by atoms with E-state index in [1.807, 2.05) is 0 Å². The van der Waals surface area contributed by atoms with Gasteiger partial charge in [-0.3, -0.25) is 9.59 Å². The van der Waals surface area contributed by atoms with Gasteiger partial charge in [0.25, 0.3) is 11.8 Å². The first-order valence-corrected chi connectivity index (χ1v) is 9.03. The normalized spacial score (nSPS) is 11.8. The van der Waals surface area contributed by atoms with Gasteiger partial charge in [-0.1, -0.05) is 18.2 Å². The molecule has 0 atom stereocenters. The summed E-state index contributed by atoms with van der Waals surface area (Å²) in [6.07, 6.45) is 0. The smallest absolute Gasteiger partial charge is 0.255 e. The predicted molar refractivity (Wildman–Crippen MR) is 104 cm³/mol. The predicted octanol–water partition coefficient (Wildman–Crippen LogP) is 3.88. The van der Waals surface area contributed by atoms with Crippen LogP contribution in [0.15, 0.2) is 60.7 Å². The molecule has 0 unspecified atom stereocenters. The Kier molecular flexibility index (Phi) is 5.30. The van der Waals surface area contributed by atoms with E-state index in [2.05, 4.69) is 10.6 Å². The molecule has 0 spiro atoms. The molecule has 0 bridgehead atoms. The van der Waals surface area contributed by atoms with E-state index < -0.39 is 23.4 Å². The van der Waals surface area contributed by atoms with Crippen LogP contribution in [0.2, 0.25) is 0 Å². The Balaban J connectivity index is 1.47. The number of carbonyl (C=O) groups is 2. The largest absolute Gasteiger partial charge is 0.454 e. The van der Waals surface area contributed by atoms with Crippen molar-refractivity contribution in [2.45, 2.75) is 6.54 Å². The Hall–Kier alpha value is -3.94. The number of hydrogen-bond donors (Lipinski definition) is 2. The molecular weight excluding hydrogens is 394 g/mol. The number of rotatable bonds is 5. The fourth-order valence-electron chi connectivity index (χ4n) is 3.00. The first-order chi connectivity index (χ1) is 14.5. The van der Waals surface area contributed by atoms with Crippen LogP contribution in [-0.4, -0.2) is 18.6 Å². The van der Waals surface area contributed by atoms with Crippen LogP contribution in [0.3, 0.4) is 0 Å². The number of benzene rings is 3. The molecule has 2 N–H and O–H groups in total. The molecule has 0 radical (unpaired) electrons. The second-order valence-electron chi connectivity index (χ2n) is 6.53. The van der Waals surface area contributed by atoms with E-state index in [0.29, 0.717) is 17.6 Å². The highest BCUT2D eigenvalue weighted by molar-refractivity contribution is 6.09. The number of anilines is 1. The fourth-order valence-corrected chi connectivity index (χ4v) is 3.00. The highest BCUT2D eigenvalue weighted by atomic mass is 19.1. The minimum atomic E-state index is -0.866. The van der Waals surface area contributed by atoms with Crippen LogP contribution >= 0.6 is 0 Å². The summed E-state index contributed by atoms with van der Waals surface area (Å²) in [5, 5.41) is 5.30. The molecule has 4 rings (SSSR count). The van der Waals surface area contributed by atoms with Crippen molar-refractivity contribution in [2.75, 3.05) is 12.1 Å². The van der Waals surface area contributed by atoms with Gasteiger partial charge in [-0.25, -0.2) is 8.78 Å². The van der Waals surface area contributed by atoms with Gasteiger partial charge in [-0.2, -0.15) is 0 Å². The Labute approximate surface area is 170 Å². The van der Waals surface area contributed by atoms with Crippen molar-refractivity contribution in [3.8, 4) is 11.5 Å². The molecule has 152 valence electrons. The summed E-state index contributed by atoms with van der Waals surface area (Å²) >= 11 is 0. The third kappa shape index (κ3) is 4.22. The van der Waals surface area contributed by atoms with Crippen LogP contribution in [0.1, 0.15) is 26.3 Å². The molecule has 0 aliphatic carbocycles. The summed E-state index contributed by atoms with van der Waals surface area (Å²) < 4.78 is 37.3. The maximum atomic E-state index is 13.4. The SMILES string of the molecule is O=C(Nc1ccccc1C(=O)NCc1ccc2c(c1)OCO2)c1cc(F)cc(F)c1. The number of nitrogens with one attached hydrogen (secondary N) is 2. The van der Waals surface area contributed by atoms with Gasteiger partial charge in [0.15, 0.2) is 11.5 Å². The molecule has 0 aromatic heterocycles. The molecule has 1 aliphatic heterocycles. The first kappa shape index (κ1) is 19.4. The zero-order valence-corrected chi connectivity index (χ0v) is 15.6. The van der Waals surface area contributed by atoms with Gasteiger partial charge in [0, 0.05) is 18.2 Å². The highest BCUT2D eigenvalue weighted by Gasteiger charge is 2.17. The van der Waals surface area contributed by atoms with Crippen molar-refractivity contribution < 1.29 is 27.8 Å². The molecule has 0 fully saturated rings. The lowest BCUT2D eigenvalue weighted by atomic mass is 10.1. The first-order valence-electron chi connectivity index (χ1n) is 9.03. The Morgan fingerprint density at radius 3 is 2.40 bits per heavy atom. The molecule has 6 nitrogen and oxygen atoms in total. The maximum absolute atomic E-state index is 13.4. The molecule has 1 aliphatic rings. The minimum absolute atomic E-state index is 0.160. The van der Waals surface area contributed by atoms with E-state index in [-0.39, 0.29) is 30.2 Å². The van der Waals surface area contributed by atoms with E-state index in [9.17, 15) is 18.4 Å². The van der Waals surface area contributed by atoms with E-state index in [0.717, 1.165) is 17.7 Å². The van der Waals surface area contributed by atoms with Crippen molar-refractivity contribution in [2.24, 2.45) is 0 Å². The molecule has 8 heteroatoms. The van der Waals surface area contributed by atoms with Gasteiger partial charge in [0.2, 0.25) is 6.79 Å². The maximum Gasteiger partial charge on any atom is 0.255 e. The van der Waals surface area contributed by atoms with Crippen LogP contribution in [-0.2, 0) is 6.54 Å². The molecular formula is C22H16F2N2O4. The zero-order chi connectivity index (χ0) is 21.1. The summed E-state index contributed by atoms with van der Waals surface area (Å²) in [5.41, 5.74) is 1.05. The average molecular weight is 410 g/mol. The number of amides is 2. The van der Waals surface area contributed by atoms with Crippen molar-refractivity contribution in [1.29, 1.82) is 0 Å². The number of hydrogen-bond acceptors (Lipinski definition) is 4. The molecule has 0 saturated heterocycles. The van der Waals surface area contributed by atoms with Crippen LogP contribution in [0, 0.1) is 11.6 Å². The minimum Gasteiger partial charge on any atom is -0.454 e. The number of halogens is 2. The molecule has 2 amide bonds. The lowest BCUT2D eigenvalue weighted by Gasteiger charge is -2.12. The highest BCUT2D eigenvalue weighted by Crippen LogP contribution is 2.32. The summed E-state index contributed by atoms with van der Waals surface area (Å²) in [7, 11) is 0. The molecule has 30 heavy (non-hydrogen) atoms. The fraction of sp³-hybridized carbons (Fsp3) is 0.0909. The van der Waals surface area contributed by atoms with Crippen LogP contribution in [0.4, 0.5) is 14.5 Å². The summed E-state index contributed by atoms with van der Waals surface area (Å²) in [4.78, 5) is 25.0. The summed E-state index contributed by atoms with van der Waals surface area (Å²) in [5.74, 6) is -1.63. The topological polar surface area (TPSA) is 76.7 Å². The van der Waals surface area contributed by atoms with Crippen molar-refractivity contribution in [1.82, 2.24) is 5.32 Å². The molecule has 0 saturated carbocycles. The Bertz CT molecular complexity index is 1110. The van der Waals surface area contributed by atoms with E-state index in [1.165, 1.54) is 12.1 Å². The van der Waals surface area contributed by atoms with E-state index in [4.69, 9.17) is 9.47 Å². The second-order valence-corrected chi connectivity index (χ2v) is 6.53. The average Bonchev–Trinajstić information content (AvgIpc) is 3.19. The molecule has 1 heterocycles. The third-order valence-corrected chi connectivity index (χ3v) is 4.43. The number of para-hydroxylation sites is 1. The lowest BCUT2D eigenvalue weighted by Crippen LogP contribution is -2.25. The van der Waals surface area contributed by atoms with Crippen molar-refractivity contribution in [3.05, 3.63) is 89.0 Å². The monoisotopic (exact) mass is 410 g/mol. The number of fused-ring (bicyclic) bond motifs is 1. The van der Waals surface area contributed by atoms with Gasteiger partial charge in [-0.05, 0) is 42.0 Å². The van der Waals surface area contributed by atoms with Gasteiger partial charge in [-0.15, -0.1) is 0 Å². The quantitative estimate of drug-likeness (QED) is 0.670. The van der Waals surface area contributed by atoms with E-state index >= 15 is 0 Å². The van der Waals surface area contributed by atoms with Gasteiger partial charge in [0.05, 0.1) is 11.3 Å². The van der Waals surface area contributed by atoms with E-state index in [1.54, 1.807) is 30.3 Å². The second kappa shape index (κ2) is 8.20. The van der Waals surface area contributed by atoms with Gasteiger partial charge >= 0.3 is 0 Å². The van der Waals surface area contributed by atoms with Crippen molar-refractivity contribution in [3.63, 3.8) is 0 Å². The summed E-state index contributed by atoms with van der Waals surface area (Å²) in [6.45, 7) is 0.389. The van der Waals surface area contributed by atoms with Crippen LogP contribution in [0.25, 0.3) is 0 Å². The van der Waals surface area contributed by atoms with Crippen LogP contribution < -0.4 is 20.1 Å². The van der Waals surface area contributed by atoms with Crippen LogP contribution in [0.5, 0.6) is 11.5 Å². The van der Waals surface area contributed by atoms with Gasteiger partial charge in [0.1, 0.15) is 11.6 Å². The summed E-state index contributed by atoms with van der Waals surface area (Å²) in [6, 6.07) is 14.2. The molecule has 3 aromatic carbocycles. The zero-order valence-electron chi connectivity index (χ0n) is 15.6. The standard InChI is InChI=1S/C22H16F2N2O4/c23-15-8-14(9-16(24)10-15)21(27)26-18-4-2-1-3-17(18)22(28)25-11-13-5-6-19-20(7-13)30-12-29-19/h1-10H,11-12H2,(H,25,28)(H,26,27). The lowest BCUT2D eigenvalue weighted by molar-refractivity contribution is 0.0951.